The molecule has 1 saturated heterocycles. The van der Waals surface area contributed by atoms with Gasteiger partial charge < -0.3 is 9.47 Å². The first-order chi connectivity index (χ1) is 19.9. The molecule has 8 heteroatoms. The number of unbranched alkanes of at least 4 members (excludes halogenated alkanes) is 1. The van der Waals surface area contributed by atoms with Crippen molar-refractivity contribution in [2.45, 2.75) is 96.2 Å². The Kier molecular flexibility index (Phi) is 7.50. The molecule has 2 aromatic heterocycles. The molecule has 212 valence electrons. The maximum Gasteiger partial charge on any atom is 0.259 e. The molecule has 2 aromatic carbocycles. The van der Waals surface area contributed by atoms with Crippen molar-refractivity contribution in [1.29, 1.82) is 5.26 Å². The summed E-state index contributed by atoms with van der Waals surface area (Å²) in [7, 11) is 0. The van der Waals surface area contributed by atoms with Crippen LogP contribution in [0.15, 0.2) is 59.7 Å². The second-order valence-corrected chi connectivity index (χ2v) is 11.5. The van der Waals surface area contributed by atoms with Crippen molar-refractivity contribution in [3.8, 4) is 17.2 Å². The molecule has 4 aromatic rings. The summed E-state index contributed by atoms with van der Waals surface area (Å²) in [5.41, 5.74) is 5.32. The highest BCUT2D eigenvalue weighted by atomic mass is 16.8. The second-order valence-electron chi connectivity index (χ2n) is 11.5. The van der Waals surface area contributed by atoms with E-state index in [0.29, 0.717) is 17.8 Å². The highest BCUT2D eigenvalue weighted by Gasteiger charge is 2.46. The fraction of sp³-hybridized carbons (Fsp3) is 0.455. The molecule has 1 aliphatic heterocycles. The summed E-state index contributed by atoms with van der Waals surface area (Å²) in [5, 5.41) is 14.1. The molecule has 0 radical (unpaired) electrons. The summed E-state index contributed by atoms with van der Waals surface area (Å²) >= 11 is 0. The van der Waals surface area contributed by atoms with Crippen LogP contribution in [0.25, 0.3) is 16.9 Å². The summed E-state index contributed by atoms with van der Waals surface area (Å²) < 4.78 is 16.3. The van der Waals surface area contributed by atoms with Gasteiger partial charge in [0.15, 0.2) is 5.79 Å². The average Bonchev–Trinajstić information content (AvgIpc) is 3.58. The van der Waals surface area contributed by atoms with E-state index in [1.807, 2.05) is 45.5 Å². The van der Waals surface area contributed by atoms with Gasteiger partial charge in [0.1, 0.15) is 6.33 Å². The first kappa shape index (κ1) is 27.4. The third kappa shape index (κ3) is 5.09. The molecule has 2 aliphatic rings. The minimum Gasteiger partial charge on any atom is -0.344 e. The molecule has 3 heterocycles. The largest absolute Gasteiger partial charge is 0.344 e. The van der Waals surface area contributed by atoms with Crippen molar-refractivity contribution in [3.05, 3.63) is 87.6 Å². The third-order valence-electron chi connectivity index (χ3n) is 8.83. The van der Waals surface area contributed by atoms with Crippen LogP contribution in [0.5, 0.6) is 0 Å². The molecule has 2 fully saturated rings. The SMILES string of the molecule is CCCCc1c(Cc2ccc(-c3ccccc3C#N)cc2)c(=O)n(C2CCC3(CC2)OC(C)C(C)O3)c2ncnn12. The Morgan fingerprint density at radius 1 is 1.05 bits per heavy atom. The molecular weight excluding hydrogens is 514 g/mol. The predicted octanol–water partition coefficient (Wildman–Crippen LogP) is 6.00. The van der Waals surface area contributed by atoms with Crippen LogP contribution in [-0.2, 0) is 22.3 Å². The Morgan fingerprint density at radius 2 is 1.76 bits per heavy atom. The lowest BCUT2D eigenvalue weighted by Crippen LogP contribution is -2.40. The maximum absolute atomic E-state index is 14.3. The van der Waals surface area contributed by atoms with Crippen LogP contribution in [0.3, 0.4) is 0 Å². The van der Waals surface area contributed by atoms with Gasteiger partial charge in [-0.25, -0.2) is 4.52 Å². The van der Waals surface area contributed by atoms with Crippen molar-refractivity contribution >= 4 is 5.78 Å². The summed E-state index contributed by atoms with van der Waals surface area (Å²) in [5.74, 6) is 0.0721. The minimum atomic E-state index is -0.543. The van der Waals surface area contributed by atoms with Crippen molar-refractivity contribution < 1.29 is 9.47 Å². The van der Waals surface area contributed by atoms with Crippen LogP contribution in [0.4, 0.5) is 0 Å². The monoisotopic (exact) mass is 551 g/mol. The van der Waals surface area contributed by atoms with Crippen LogP contribution in [0.1, 0.15) is 87.7 Å². The number of aryl methyl sites for hydroxylation is 1. The van der Waals surface area contributed by atoms with Gasteiger partial charge in [-0.1, -0.05) is 55.8 Å². The Hall–Kier alpha value is -3.80. The Morgan fingerprint density at radius 3 is 2.44 bits per heavy atom. The van der Waals surface area contributed by atoms with E-state index in [9.17, 15) is 10.1 Å². The summed E-state index contributed by atoms with van der Waals surface area (Å²) in [6, 6.07) is 18.1. The van der Waals surface area contributed by atoms with Crippen molar-refractivity contribution in [2.75, 3.05) is 0 Å². The van der Waals surface area contributed by atoms with Crippen molar-refractivity contribution in [2.24, 2.45) is 0 Å². The lowest BCUT2D eigenvalue weighted by Gasteiger charge is -2.36. The predicted molar refractivity (Wildman–Crippen MR) is 157 cm³/mol. The van der Waals surface area contributed by atoms with Gasteiger partial charge in [0.2, 0.25) is 5.78 Å². The molecule has 2 unspecified atom stereocenters. The Balaban J connectivity index is 1.35. The number of hydrogen-bond acceptors (Lipinski definition) is 6. The van der Waals surface area contributed by atoms with Crippen molar-refractivity contribution in [3.63, 3.8) is 0 Å². The number of rotatable bonds is 7. The van der Waals surface area contributed by atoms with Gasteiger partial charge in [-0.15, -0.1) is 0 Å². The standard InChI is InChI=1S/C33H37N5O3/c1-4-5-10-30-29(19-24-11-13-25(14-12-24)28-9-7-6-8-26(28)20-34)31(39)37(32-35-21-36-38(30)32)27-15-17-33(18-16-27)40-22(2)23(3)41-33/h6-9,11-14,21-23,27H,4-5,10,15-19H2,1-3H3. The topological polar surface area (TPSA) is 94.4 Å². The number of nitriles is 1. The number of hydrogen-bond donors (Lipinski definition) is 0. The van der Waals surface area contributed by atoms with Crippen LogP contribution < -0.4 is 5.56 Å². The van der Waals surface area contributed by atoms with Crippen LogP contribution in [-0.4, -0.2) is 37.2 Å². The highest BCUT2D eigenvalue weighted by Crippen LogP contribution is 2.43. The third-order valence-corrected chi connectivity index (χ3v) is 8.83. The van der Waals surface area contributed by atoms with Gasteiger partial charge in [-0.2, -0.15) is 15.3 Å². The number of aromatic nitrogens is 4. The number of nitrogens with zero attached hydrogens (tertiary/aromatic N) is 5. The number of benzene rings is 2. The van der Waals surface area contributed by atoms with E-state index in [0.717, 1.165) is 72.9 Å². The van der Waals surface area contributed by atoms with E-state index < -0.39 is 5.79 Å². The first-order valence-electron chi connectivity index (χ1n) is 14.8. The minimum absolute atomic E-state index is 0.00192. The maximum atomic E-state index is 14.3. The normalized spacial score (nSPS) is 24.2. The van der Waals surface area contributed by atoms with E-state index in [2.05, 4.69) is 49.1 Å². The summed E-state index contributed by atoms with van der Waals surface area (Å²) in [6.45, 7) is 6.28. The van der Waals surface area contributed by atoms with Crippen molar-refractivity contribution in [1.82, 2.24) is 19.2 Å². The van der Waals surface area contributed by atoms with E-state index >= 15 is 0 Å². The second kappa shape index (κ2) is 11.2. The fourth-order valence-corrected chi connectivity index (χ4v) is 6.46. The van der Waals surface area contributed by atoms with E-state index in [-0.39, 0.29) is 23.8 Å². The fourth-order valence-electron chi connectivity index (χ4n) is 6.46. The van der Waals surface area contributed by atoms with Gasteiger partial charge in [-0.05, 0) is 62.3 Å². The Bertz CT molecular complexity index is 1630. The van der Waals surface area contributed by atoms with Gasteiger partial charge in [0.25, 0.3) is 5.56 Å². The molecular formula is C33H37N5O3. The molecule has 0 bridgehead atoms. The Labute approximate surface area is 240 Å². The molecule has 0 amide bonds. The molecule has 6 rings (SSSR count). The molecule has 1 saturated carbocycles. The molecule has 8 nitrogen and oxygen atoms in total. The van der Waals surface area contributed by atoms with Gasteiger partial charge in [0.05, 0.1) is 29.5 Å². The van der Waals surface area contributed by atoms with Gasteiger partial charge in [-0.3, -0.25) is 9.36 Å². The van der Waals surface area contributed by atoms with Crippen LogP contribution in [0, 0.1) is 11.3 Å². The summed E-state index contributed by atoms with van der Waals surface area (Å²) in [6.07, 6.45) is 8.01. The zero-order valence-corrected chi connectivity index (χ0v) is 24.0. The molecule has 1 aliphatic carbocycles. The molecule has 0 N–H and O–H groups in total. The molecule has 1 spiro atoms. The lowest BCUT2D eigenvalue weighted by atomic mass is 9.89. The first-order valence-corrected chi connectivity index (χ1v) is 14.8. The highest BCUT2D eigenvalue weighted by molar-refractivity contribution is 5.70. The smallest absolute Gasteiger partial charge is 0.259 e. The number of fused-ring (bicyclic) bond motifs is 1. The molecule has 2 atom stereocenters. The van der Waals surface area contributed by atoms with Gasteiger partial charge >= 0.3 is 0 Å². The van der Waals surface area contributed by atoms with E-state index in [1.54, 1.807) is 6.33 Å². The van der Waals surface area contributed by atoms with E-state index in [1.165, 1.54) is 0 Å². The average molecular weight is 552 g/mol. The quantitative estimate of drug-likeness (QED) is 0.280. The number of ether oxygens (including phenoxy) is 2. The van der Waals surface area contributed by atoms with E-state index in [4.69, 9.17) is 9.47 Å². The molecule has 41 heavy (non-hydrogen) atoms. The zero-order valence-electron chi connectivity index (χ0n) is 24.0. The van der Waals surface area contributed by atoms with Crippen LogP contribution in [0.2, 0.25) is 0 Å². The summed E-state index contributed by atoms with van der Waals surface area (Å²) in [4.78, 5) is 18.9. The van der Waals surface area contributed by atoms with Crippen LogP contribution >= 0.6 is 0 Å². The zero-order chi connectivity index (χ0) is 28.6. The lowest BCUT2D eigenvalue weighted by molar-refractivity contribution is -0.196. The van der Waals surface area contributed by atoms with Gasteiger partial charge in [0, 0.05) is 30.9 Å².